The number of nitrogens with zero attached hydrogens (tertiary/aromatic N) is 2. The van der Waals surface area contributed by atoms with Gasteiger partial charge in [0.05, 0.1) is 11.7 Å². The average molecular weight is 534 g/mol. The number of alkyl halides is 3. The standard InChI is InChI=1S/C26H39F4N3O4/c1-4-5-6-7-11-32-14-31-15(2)17-10-12-33(23(17)32)24-21(35)25(3,36)22(37-24)20(34)16-8-9-19(27)18(13-16)26(28,29)30/h8-9,13,15,17,20-24,31,34-36H,4-7,10-12,14H2,1-3H3/t15?,17?,20-,21+,22-,23?,24-,25+/m1/s1. The summed E-state index contributed by atoms with van der Waals surface area (Å²) in [5.74, 6) is -1.20. The van der Waals surface area contributed by atoms with E-state index in [1.54, 1.807) is 0 Å². The van der Waals surface area contributed by atoms with Crippen LogP contribution >= 0.6 is 0 Å². The molecule has 0 radical (unpaired) electrons. The molecule has 3 fully saturated rings. The van der Waals surface area contributed by atoms with E-state index in [0.29, 0.717) is 25.3 Å². The molecule has 0 amide bonds. The summed E-state index contributed by atoms with van der Waals surface area (Å²) < 4.78 is 59.6. The Morgan fingerprint density at radius 1 is 1.24 bits per heavy atom. The molecule has 11 heteroatoms. The monoisotopic (exact) mass is 533 g/mol. The molecule has 3 aliphatic heterocycles. The van der Waals surface area contributed by atoms with E-state index in [2.05, 4.69) is 24.1 Å². The maximum absolute atomic E-state index is 13.8. The van der Waals surface area contributed by atoms with Crippen LogP contribution in [0.3, 0.4) is 0 Å². The van der Waals surface area contributed by atoms with Crippen LogP contribution in [0, 0.1) is 11.7 Å². The maximum atomic E-state index is 13.8. The van der Waals surface area contributed by atoms with Crippen molar-refractivity contribution in [3.8, 4) is 0 Å². The fourth-order valence-electron chi connectivity index (χ4n) is 6.14. The largest absolute Gasteiger partial charge is 0.419 e. The van der Waals surface area contributed by atoms with Crippen molar-refractivity contribution in [2.75, 3.05) is 19.8 Å². The first-order chi connectivity index (χ1) is 17.4. The third-order valence-corrected chi connectivity index (χ3v) is 8.36. The second-order valence-corrected chi connectivity index (χ2v) is 10.9. The lowest BCUT2D eigenvalue weighted by molar-refractivity contribution is -0.151. The molecule has 0 saturated carbocycles. The van der Waals surface area contributed by atoms with Gasteiger partial charge in [0.2, 0.25) is 0 Å². The number of unbranched alkanes of at least 4 members (excludes halogenated alkanes) is 3. The first-order valence-electron chi connectivity index (χ1n) is 13.2. The molecule has 1 aromatic rings. The van der Waals surface area contributed by atoms with E-state index >= 15 is 0 Å². The Labute approximate surface area is 215 Å². The fourth-order valence-corrected chi connectivity index (χ4v) is 6.14. The topological polar surface area (TPSA) is 88.4 Å². The number of benzene rings is 1. The Morgan fingerprint density at radius 2 is 1.97 bits per heavy atom. The van der Waals surface area contributed by atoms with Crippen LogP contribution in [0.1, 0.15) is 70.1 Å². The Kier molecular flexibility index (Phi) is 8.55. The van der Waals surface area contributed by atoms with Crippen LogP contribution in [-0.4, -0.2) is 81.1 Å². The molecule has 0 spiro atoms. The van der Waals surface area contributed by atoms with Crippen molar-refractivity contribution in [1.82, 2.24) is 15.1 Å². The van der Waals surface area contributed by atoms with Gasteiger partial charge >= 0.3 is 6.18 Å². The van der Waals surface area contributed by atoms with Gasteiger partial charge in [-0.3, -0.25) is 9.80 Å². The van der Waals surface area contributed by atoms with Gasteiger partial charge in [-0.2, -0.15) is 13.2 Å². The summed E-state index contributed by atoms with van der Waals surface area (Å²) in [6.07, 6.45) is -5.24. The average Bonchev–Trinajstić information content (AvgIpc) is 3.37. The molecule has 8 atom stereocenters. The van der Waals surface area contributed by atoms with Gasteiger partial charge in [0.15, 0.2) is 0 Å². The van der Waals surface area contributed by atoms with Crippen LogP contribution in [0.25, 0.3) is 0 Å². The third kappa shape index (κ3) is 5.54. The SMILES string of the molecule is CCCCCCN1CNC(C)C2CCN([C@@H]3O[C@H]([C@H](O)c4ccc(F)c(C(F)(F)F)c4)[C@@](C)(O)[C@H]3O)C21. The first kappa shape index (κ1) is 28.7. The number of fused-ring (bicyclic) bond motifs is 1. The zero-order valence-corrected chi connectivity index (χ0v) is 21.6. The highest BCUT2D eigenvalue weighted by molar-refractivity contribution is 5.30. The molecule has 0 aliphatic carbocycles. The van der Waals surface area contributed by atoms with Gasteiger partial charge in [0.1, 0.15) is 36.0 Å². The Balaban J connectivity index is 1.56. The van der Waals surface area contributed by atoms with Crippen molar-refractivity contribution in [2.24, 2.45) is 5.92 Å². The Bertz CT molecular complexity index is 934. The highest BCUT2D eigenvalue weighted by Gasteiger charge is 2.59. The number of aliphatic hydroxyl groups is 3. The summed E-state index contributed by atoms with van der Waals surface area (Å²) in [5, 5.41) is 36.9. The van der Waals surface area contributed by atoms with Crippen LogP contribution in [-0.2, 0) is 10.9 Å². The summed E-state index contributed by atoms with van der Waals surface area (Å²) >= 11 is 0. The lowest BCUT2D eigenvalue weighted by Crippen LogP contribution is -2.63. The van der Waals surface area contributed by atoms with Crippen LogP contribution in [0.2, 0.25) is 0 Å². The van der Waals surface area contributed by atoms with Crippen molar-refractivity contribution in [3.63, 3.8) is 0 Å². The molecular formula is C26H39F4N3O4. The molecule has 3 aliphatic rings. The van der Waals surface area contributed by atoms with Crippen molar-refractivity contribution in [2.45, 2.75) is 101 Å². The molecule has 4 N–H and O–H groups in total. The molecule has 0 bridgehead atoms. The summed E-state index contributed by atoms with van der Waals surface area (Å²) in [6.45, 7) is 7.72. The predicted octanol–water partition coefficient (Wildman–Crippen LogP) is 3.19. The first-order valence-corrected chi connectivity index (χ1v) is 13.2. The number of rotatable bonds is 8. The minimum absolute atomic E-state index is 0.0492. The van der Waals surface area contributed by atoms with Gasteiger partial charge in [-0.15, -0.1) is 0 Å². The molecule has 3 unspecified atom stereocenters. The van der Waals surface area contributed by atoms with Crippen LogP contribution in [0.5, 0.6) is 0 Å². The van der Waals surface area contributed by atoms with Gasteiger partial charge in [0.25, 0.3) is 0 Å². The van der Waals surface area contributed by atoms with Gasteiger partial charge in [-0.05, 0) is 44.4 Å². The number of nitrogens with one attached hydrogen (secondary N) is 1. The van der Waals surface area contributed by atoms with E-state index in [1.165, 1.54) is 6.92 Å². The molecule has 7 nitrogen and oxygen atoms in total. The molecular weight excluding hydrogens is 494 g/mol. The van der Waals surface area contributed by atoms with E-state index in [1.807, 2.05) is 4.90 Å². The zero-order chi connectivity index (χ0) is 27.1. The number of aliphatic hydroxyl groups excluding tert-OH is 2. The molecule has 0 aromatic heterocycles. The van der Waals surface area contributed by atoms with Gasteiger partial charge in [-0.1, -0.05) is 32.3 Å². The minimum Gasteiger partial charge on any atom is -0.386 e. The fraction of sp³-hybridized carbons (Fsp3) is 0.769. The molecule has 210 valence electrons. The Hall–Kier alpha value is -1.34. The molecule has 1 aromatic carbocycles. The maximum Gasteiger partial charge on any atom is 0.419 e. The van der Waals surface area contributed by atoms with Gasteiger partial charge < -0.3 is 25.4 Å². The summed E-state index contributed by atoms with van der Waals surface area (Å²) in [5.41, 5.74) is -3.72. The van der Waals surface area contributed by atoms with Crippen molar-refractivity contribution in [3.05, 3.63) is 35.1 Å². The quantitative estimate of drug-likeness (QED) is 0.302. The van der Waals surface area contributed by atoms with E-state index < -0.39 is 47.7 Å². The van der Waals surface area contributed by atoms with E-state index in [4.69, 9.17) is 4.74 Å². The predicted molar refractivity (Wildman–Crippen MR) is 129 cm³/mol. The lowest BCUT2D eigenvalue weighted by atomic mass is 9.87. The van der Waals surface area contributed by atoms with Crippen molar-refractivity contribution in [1.29, 1.82) is 0 Å². The smallest absolute Gasteiger partial charge is 0.386 e. The second kappa shape index (κ2) is 11.0. The third-order valence-electron chi connectivity index (χ3n) is 8.36. The summed E-state index contributed by atoms with van der Waals surface area (Å²) in [6, 6.07) is 2.43. The van der Waals surface area contributed by atoms with Gasteiger partial charge in [-0.25, -0.2) is 4.39 Å². The number of likely N-dealkylation sites (tertiary alicyclic amines) is 1. The van der Waals surface area contributed by atoms with Crippen molar-refractivity contribution < 1.29 is 37.6 Å². The number of ether oxygens (including phenoxy) is 1. The van der Waals surface area contributed by atoms with E-state index in [-0.39, 0.29) is 23.7 Å². The zero-order valence-electron chi connectivity index (χ0n) is 21.6. The number of hydrogen-bond donors (Lipinski definition) is 4. The van der Waals surface area contributed by atoms with E-state index in [9.17, 15) is 32.9 Å². The second-order valence-electron chi connectivity index (χ2n) is 10.9. The summed E-state index contributed by atoms with van der Waals surface area (Å²) in [4.78, 5) is 4.33. The highest BCUT2D eigenvalue weighted by Crippen LogP contribution is 2.44. The number of hydrogen-bond acceptors (Lipinski definition) is 7. The molecule has 3 heterocycles. The normalized spacial score (nSPS) is 36.2. The van der Waals surface area contributed by atoms with Crippen LogP contribution < -0.4 is 5.32 Å². The lowest BCUT2D eigenvalue weighted by Gasteiger charge is -2.46. The summed E-state index contributed by atoms with van der Waals surface area (Å²) in [7, 11) is 0. The van der Waals surface area contributed by atoms with Gasteiger partial charge in [0, 0.05) is 31.7 Å². The number of halogens is 4. The van der Waals surface area contributed by atoms with Crippen molar-refractivity contribution >= 4 is 0 Å². The van der Waals surface area contributed by atoms with E-state index in [0.717, 1.165) is 44.7 Å². The molecule has 37 heavy (non-hydrogen) atoms. The molecule has 4 rings (SSSR count). The highest BCUT2D eigenvalue weighted by atomic mass is 19.4. The Morgan fingerprint density at radius 3 is 2.65 bits per heavy atom. The molecule has 3 saturated heterocycles. The van der Waals surface area contributed by atoms with Crippen LogP contribution in [0.15, 0.2) is 18.2 Å². The minimum atomic E-state index is -4.95. The van der Waals surface area contributed by atoms with Crippen LogP contribution in [0.4, 0.5) is 17.6 Å².